The summed E-state index contributed by atoms with van der Waals surface area (Å²) in [5.41, 5.74) is 4.70. The van der Waals surface area contributed by atoms with Gasteiger partial charge in [-0.1, -0.05) is 75.2 Å². The van der Waals surface area contributed by atoms with E-state index >= 15 is 0 Å². The molecule has 0 aromatic heterocycles. The number of amides is 2. The molecule has 3 N–H and O–H groups in total. The standard InChI is InChI=1S/C28H36N2O5/c1-3-4-9-20(16-27(32)33)30-26(31)15-14-19(2)17-29-28(34)35-18-25-23-12-7-5-10-21(23)22-11-6-8-13-24(22)25/h5-8,10-13,19-20,25H,3-4,9,14-18H2,1-2H3,(H,29,34)(H,30,31)(H,32,33)/t19?,20-/m0/s1. The quantitative estimate of drug-likeness (QED) is 0.370. The van der Waals surface area contributed by atoms with Crippen LogP contribution in [0.4, 0.5) is 4.79 Å². The van der Waals surface area contributed by atoms with E-state index in [9.17, 15) is 14.4 Å². The number of ether oxygens (including phenoxy) is 1. The minimum atomic E-state index is -0.910. The molecule has 7 nitrogen and oxygen atoms in total. The van der Waals surface area contributed by atoms with Gasteiger partial charge in [-0.3, -0.25) is 9.59 Å². The van der Waals surface area contributed by atoms with Gasteiger partial charge in [-0.2, -0.15) is 0 Å². The number of nitrogens with one attached hydrogen (secondary N) is 2. The van der Waals surface area contributed by atoms with E-state index in [1.54, 1.807) is 0 Å². The Balaban J connectivity index is 1.40. The van der Waals surface area contributed by atoms with Crippen LogP contribution in [0.5, 0.6) is 0 Å². The highest BCUT2D eigenvalue weighted by molar-refractivity contribution is 5.79. The van der Waals surface area contributed by atoms with Crippen LogP contribution in [0.25, 0.3) is 11.1 Å². The van der Waals surface area contributed by atoms with Crippen LogP contribution in [0.3, 0.4) is 0 Å². The van der Waals surface area contributed by atoms with Gasteiger partial charge in [0, 0.05) is 24.9 Å². The summed E-state index contributed by atoms with van der Waals surface area (Å²) in [5, 5.41) is 14.7. The van der Waals surface area contributed by atoms with Gasteiger partial charge in [-0.15, -0.1) is 0 Å². The fraction of sp³-hybridized carbons (Fsp3) is 0.464. The second kappa shape index (κ2) is 12.9. The Labute approximate surface area is 207 Å². The van der Waals surface area contributed by atoms with Crippen LogP contribution < -0.4 is 10.6 Å². The molecule has 0 saturated carbocycles. The second-order valence-electron chi connectivity index (χ2n) is 9.35. The first-order valence-corrected chi connectivity index (χ1v) is 12.5. The maximum atomic E-state index is 12.3. The number of fused-ring (bicyclic) bond motifs is 3. The molecule has 1 aliphatic rings. The molecule has 1 unspecified atom stereocenters. The summed E-state index contributed by atoms with van der Waals surface area (Å²) in [7, 11) is 0. The molecule has 188 valence electrons. The number of unbranched alkanes of at least 4 members (excludes halogenated alkanes) is 1. The Morgan fingerprint density at radius 1 is 1.00 bits per heavy atom. The first-order valence-electron chi connectivity index (χ1n) is 12.5. The summed E-state index contributed by atoms with van der Waals surface area (Å²) in [6.45, 7) is 4.66. The normalized spacial score (nSPS) is 13.9. The first-order chi connectivity index (χ1) is 16.9. The minimum absolute atomic E-state index is 0.0146. The summed E-state index contributed by atoms with van der Waals surface area (Å²) in [5.74, 6) is -0.970. The number of carboxylic acids is 1. The molecule has 0 heterocycles. The van der Waals surface area contributed by atoms with Gasteiger partial charge in [0.1, 0.15) is 6.61 Å². The third-order valence-corrected chi connectivity index (χ3v) is 6.50. The van der Waals surface area contributed by atoms with Gasteiger partial charge in [-0.05, 0) is 41.0 Å². The molecule has 0 bridgehead atoms. The van der Waals surface area contributed by atoms with Crippen LogP contribution in [0.1, 0.15) is 69.4 Å². The zero-order valence-corrected chi connectivity index (χ0v) is 20.6. The SMILES string of the molecule is CCCC[C@@H](CC(=O)O)NC(=O)CCC(C)CNC(=O)OCC1c2ccccc2-c2ccccc21. The van der Waals surface area contributed by atoms with Crippen LogP contribution >= 0.6 is 0 Å². The van der Waals surface area contributed by atoms with Gasteiger partial charge >= 0.3 is 12.1 Å². The van der Waals surface area contributed by atoms with Crippen molar-refractivity contribution in [3.8, 4) is 11.1 Å². The lowest BCUT2D eigenvalue weighted by atomic mass is 9.98. The molecule has 35 heavy (non-hydrogen) atoms. The molecule has 3 rings (SSSR count). The molecule has 2 aromatic carbocycles. The topological polar surface area (TPSA) is 105 Å². The fourth-order valence-electron chi connectivity index (χ4n) is 4.57. The molecule has 2 amide bonds. The van der Waals surface area contributed by atoms with Crippen molar-refractivity contribution in [1.82, 2.24) is 10.6 Å². The lowest BCUT2D eigenvalue weighted by Crippen LogP contribution is -2.37. The summed E-state index contributed by atoms with van der Waals surface area (Å²) >= 11 is 0. The number of benzene rings is 2. The molecule has 0 saturated heterocycles. The predicted octanol–water partition coefficient (Wildman–Crippen LogP) is 5.09. The number of carbonyl (C=O) groups excluding carboxylic acids is 2. The molecule has 2 aromatic rings. The number of alkyl carbamates (subject to hydrolysis) is 1. The van der Waals surface area contributed by atoms with Crippen molar-refractivity contribution in [2.24, 2.45) is 5.92 Å². The molecule has 0 radical (unpaired) electrons. The third-order valence-electron chi connectivity index (χ3n) is 6.50. The minimum Gasteiger partial charge on any atom is -0.481 e. The van der Waals surface area contributed by atoms with E-state index < -0.39 is 12.1 Å². The number of aliphatic carboxylic acids is 1. The maximum absolute atomic E-state index is 12.3. The predicted molar refractivity (Wildman–Crippen MR) is 135 cm³/mol. The van der Waals surface area contributed by atoms with E-state index in [1.165, 1.54) is 22.3 Å². The summed E-state index contributed by atoms with van der Waals surface area (Å²) in [6, 6.07) is 16.1. The summed E-state index contributed by atoms with van der Waals surface area (Å²) in [4.78, 5) is 35.6. The van der Waals surface area contributed by atoms with E-state index in [1.807, 2.05) is 38.1 Å². The number of rotatable bonds is 13. The molecular formula is C28H36N2O5. The molecular weight excluding hydrogens is 444 g/mol. The van der Waals surface area contributed by atoms with Crippen molar-refractivity contribution in [1.29, 1.82) is 0 Å². The Bertz CT molecular complexity index is 976. The van der Waals surface area contributed by atoms with E-state index in [0.717, 1.165) is 12.8 Å². The maximum Gasteiger partial charge on any atom is 0.407 e. The summed E-state index contributed by atoms with van der Waals surface area (Å²) < 4.78 is 5.56. The first kappa shape index (κ1) is 26.3. The van der Waals surface area contributed by atoms with Gasteiger partial charge in [0.05, 0.1) is 6.42 Å². The van der Waals surface area contributed by atoms with Gasteiger partial charge in [0.2, 0.25) is 5.91 Å². The largest absolute Gasteiger partial charge is 0.481 e. The number of hydrogen-bond acceptors (Lipinski definition) is 4. The highest BCUT2D eigenvalue weighted by atomic mass is 16.5. The van der Waals surface area contributed by atoms with Crippen molar-refractivity contribution in [2.45, 2.75) is 64.3 Å². The molecule has 1 aliphatic carbocycles. The molecule has 0 aliphatic heterocycles. The Morgan fingerprint density at radius 3 is 2.23 bits per heavy atom. The Morgan fingerprint density at radius 2 is 1.63 bits per heavy atom. The fourth-order valence-corrected chi connectivity index (χ4v) is 4.57. The number of carbonyl (C=O) groups is 3. The van der Waals surface area contributed by atoms with E-state index in [-0.39, 0.29) is 43.2 Å². The van der Waals surface area contributed by atoms with Crippen LogP contribution in [0, 0.1) is 5.92 Å². The molecule has 2 atom stereocenters. The van der Waals surface area contributed by atoms with Crippen molar-refractivity contribution in [3.05, 3.63) is 59.7 Å². The van der Waals surface area contributed by atoms with Crippen LogP contribution in [-0.2, 0) is 14.3 Å². The average Bonchev–Trinajstić information content (AvgIpc) is 3.17. The van der Waals surface area contributed by atoms with E-state index in [0.29, 0.717) is 19.4 Å². The Hall–Kier alpha value is -3.35. The zero-order chi connectivity index (χ0) is 25.2. The van der Waals surface area contributed by atoms with Gasteiger partial charge in [0.25, 0.3) is 0 Å². The van der Waals surface area contributed by atoms with Gasteiger partial charge < -0.3 is 20.5 Å². The monoisotopic (exact) mass is 480 g/mol. The van der Waals surface area contributed by atoms with Crippen molar-refractivity contribution < 1.29 is 24.2 Å². The van der Waals surface area contributed by atoms with Crippen molar-refractivity contribution in [3.63, 3.8) is 0 Å². The molecule has 7 heteroatoms. The summed E-state index contributed by atoms with van der Waals surface area (Å²) in [6.07, 6.45) is 2.82. The van der Waals surface area contributed by atoms with Crippen LogP contribution in [-0.4, -0.2) is 42.3 Å². The van der Waals surface area contributed by atoms with E-state index in [2.05, 4.69) is 34.9 Å². The average molecular weight is 481 g/mol. The third kappa shape index (κ3) is 7.57. The van der Waals surface area contributed by atoms with Crippen LogP contribution in [0.2, 0.25) is 0 Å². The van der Waals surface area contributed by atoms with E-state index in [4.69, 9.17) is 9.84 Å². The zero-order valence-electron chi connectivity index (χ0n) is 20.6. The number of carboxylic acid groups (broad SMARTS) is 1. The molecule has 0 spiro atoms. The van der Waals surface area contributed by atoms with Gasteiger partial charge in [-0.25, -0.2) is 4.79 Å². The lowest BCUT2D eigenvalue weighted by Gasteiger charge is -2.18. The molecule has 0 fully saturated rings. The Kier molecular flexibility index (Phi) is 9.70. The second-order valence-corrected chi connectivity index (χ2v) is 9.35. The smallest absolute Gasteiger partial charge is 0.407 e. The van der Waals surface area contributed by atoms with Crippen molar-refractivity contribution in [2.75, 3.05) is 13.2 Å². The highest BCUT2D eigenvalue weighted by Crippen LogP contribution is 2.44. The highest BCUT2D eigenvalue weighted by Gasteiger charge is 2.29. The lowest BCUT2D eigenvalue weighted by molar-refractivity contribution is -0.137. The van der Waals surface area contributed by atoms with Crippen LogP contribution in [0.15, 0.2) is 48.5 Å². The van der Waals surface area contributed by atoms with Crippen molar-refractivity contribution >= 4 is 18.0 Å². The van der Waals surface area contributed by atoms with Gasteiger partial charge in [0.15, 0.2) is 0 Å². The number of hydrogen-bond donors (Lipinski definition) is 3.